The number of allylic oxidation sites excluding steroid dienone is 3. The van der Waals surface area contributed by atoms with Gasteiger partial charge < -0.3 is 24.8 Å². The van der Waals surface area contributed by atoms with Gasteiger partial charge in [-0.15, -0.1) is 0 Å². The summed E-state index contributed by atoms with van der Waals surface area (Å²) >= 11 is -0.803. The average molecular weight is 509 g/mol. The van der Waals surface area contributed by atoms with E-state index in [-0.39, 0.29) is 31.4 Å². The Bertz CT molecular complexity index is 921. The molecule has 2 aliphatic rings. The van der Waals surface area contributed by atoms with Gasteiger partial charge in [0.25, 0.3) is 0 Å². The first-order valence-corrected chi connectivity index (χ1v) is 15.0. The Morgan fingerprint density at radius 2 is 1.75 bits per heavy atom. The molecule has 0 heterocycles. The van der Waals surface area contributed by atoms with Gasteiger partial charge in [0, 0.05) is 0 Å². The summed E-state index contributed by atoms with van der Waals surface area (Å²) in [6.45, 7) is 7.55. The predicted molar refractivity (Wildman–Crippen MR) is 109 cm³/mol. The van der Waals surface area contributed by atoms with Crippen LogP contribution in [0.25, 0.3) is 11.1 Å². The fourth-order valence-corrected chi connectivity index (χ4v) is 12.7. The minimum Gasteiger partial charge on any atom is -1.00 e. The molecule has 0 radical (unpaired) electrons. The summed E-state index contributed by atoms with van der Waals surface area (Å²) in [6, 6.07) is 15.9. The van der Waals surface area contributed by atoms with E-state index in [0.29, 0.717) is 5.92 Å². The van der Waals surface area contributed by atoms with E-state index in [4.69, 9.17) is 0 Å². The topological polar surface area (TPSA) is 20.2 Å². The number of halogens is 2. The summed E-state index contributed by atoms with van der Waals surface area (Å²) in [7, 11) is -0.866. The number of rotatable bonds is 5. The molecule has 0 aliphatic heterocycles. The fourth-order valence-electron chi connectivity index (χ4n) is 4.65. The normalized spacial score (nSPS) is 16.8. The second kappa shape index (κ2) is 10.0. The number of hydrogen-bond acceptors (Lipinski definition) is 1. The summed E-state index contributed by atoms with van der Waals surface area (Å²) in [4.78, 5) is 0. The SMILES string of the molecule is CC1c2ccccc2-c2ccc[c]([Zr+2][C]3=C([SiH](C)C)C(CCO)=CC3)c21.[Cl-].[Cl-]. The van der Waals surface area contributed by atoms with E-state index in [1.807, 2.05) is 0 Å². The van der Waals surface area contributed by atoms with Gasteiger partial charge >= 0.3 is 171 Å². The summed E-state index contributed by atoms with van der Waals surface area (Å²) in [6.07, 6.45) is 4.40. The summed E-state index contributed by atoms with van der Waals surface area (Å²) in [5, 5.41) is 11.1. The van der Waals surface area contributed by atoms with Crippen LogP contribution >= 0.6 is 0 Å². The Hall–Kier alpha value is -0.440. The van der Waals surface area contributed by atoms with E-state index in [1.165, 1.54) is 22.3 Å². The van der Waals surface area contributed by atoms with Crippen LogP contribution in [0.15, 0.2) is 62.6 Å². The van der Waals surface area contributed by atoms with Crippen LogP contribution in [-0.4, -0.2) is 20.5 Å². The molecule has 0 aromatic heterocycles. The number of aliphatic hydroxyl groups excluding tert-OH is 1. The molecule has 2 aromatic rings. The van der Waals surface area contributed by atoms with E-state index in [9.17, 15) is 5.11 Å². The largest absolute Gasteiger partial charge is 1.00 e. The molecule has 0 amide bonds. The number of hydrogen-bond donors (Lipinski definition) is 1. The third kappa shape index (κ3) is 4.20. The minimum absolute atomic E-state index is 0. The van der Waals surface area contributed by atoms with E-state index in [2.05, 4.69) is 68.6 Å². The van der Waals surface area contributed by atoms with Crippen molar-refractivity contribution in [1.82, 2.24) is 0 Å². The standard InChI is InChI=1S/C14H11.C9H15OSi.2ClH.Zr/c1-10-11-6-2-4-8-13(11)14-9-5-3-7-12(10)14;1-11(2)9-5-3-4-8(9)6-7-10;;;/h2-6,8-10H,1H3;4,10-11H,3,6-7H2,1-2H3;2*1H;/q;;;;+2/p-2. The van der Waals surface area contributed by atoms with Crippen molar-refractivity contribution in [1.29, 1.82) is 0 Å². The number of benzene rings is 2. The Morgan fingerprint density at radius 3 is 2.46 bits per heavy atom. The van der Waals surface area contributed by atoms with Crippen LogP contribution < -0.4 is 28.1 Å². The van der Waals surface area contributed by atoms with Crippen molar-refractivity contribution in [3.63, 3.8) is 0 Å². The molecule has 5 heteroatoms. The smallest absolute Gasteiger partial charge is 1.00 e. The van der Waals surface area contributed by atoms with Crippen LogP contribution in [-0.2, 0) is 23.2 Å². The molecule has 1 unspecified atom stereocenters. The molecule has 0 fully saturated rings. The van der Waals surface area contributed by atoms with E-state index in [0.717, 1.165) is 12.8 Å². The monoisotopic (exact) mass is 506 g/mol. The first-order chi connectivity index (χ1) is 12.6. The molecule has 1 atom stereocenters. The molecule has 28 heavy (non-hydrogen) atoms. The third-order valence-corrected chi connectivity index (χ3v) is 11.9. The van der Waals surface area contributed by atoms with Crippen LogP contribution in [0.1, 0.15) is 36.8 Å². The maximum absolute atomic E-state index is 9.43. The molecule has 4 rings (SSSR count). The zero-order valence-corrected chi connectivity index (χ0v) is 21.7. The van der Waals surface area contributed by atoms with Crippen LogP contribution in [0.4, 0.5) is 0 Å². The van der Waals surface area contributed by atoms with Crippen LogP contribution in [0.5, 0.6) is 0 Å². The van der Waals surface area contributed by atoms with E-state index < -0.39 is 32.0 Å². The zero-order chi connectivity index (χ0) is 18.3. The second-order valence-electron chi connectivity index (χ2n) is 7.65. The fraction of sp³-hybridized carbons (Fsp3) is 0.304. The molecule has 0 spiro atoms. The third-order valence-electron chi connectivity index (χ3n) is 5.72. The quantitative estimate of drug-likeness (QED) is 0.489. The van der Waals surface area contributed by atoms with Gasteiger partial charge in [-0.25, -0.2) is 0 Å². The van der Waals surface area contributed by atoms with E-state index >= 15 is 0 Å². The second-order valence-corrected chi connectivity index (χ2v) is 14.0. The summed E-state index contributed by atoms with van der Waals surface area (Å²) < 4.78 is 3.44. The van der Waals surface area contributed by atoms with Crippen molar-refractivity contribution < 1.29 is 53.2 Å². The van der Waals surface area contributed by atoms with Crippen molar-refractivity contribution in [3.05, 3.63) is 73.7 Å². The molecule has 146 valence electrons. The average Bonchev–Trinajstić information content (AvgIpc) is 3.16. The molecule has 1 nitrogen and oxygen atoms in total. The summed E-state index contributed by atoms with van der Waals surface area (Å²) in [5.74, 6) is 0.518. The van der Waals surface area contributed by atoms with Crippen molar-refractivity contribution in [2.45, 2.75) is 38.8 Å². The van der Waals surface area contributed by atoms with Crippen molar-refractivity contribution in [2.75, 3.05) is 6.61 Å². The van der Waals surface area contributed by atoms with Crippen LogP contribution in [0.2, 0.25) is 13.1 Å². The van der Waals surface area contributed by atoms with Gasteiger partial charge in [-0.2, -0.15) is 0 Å². The Kier molecular flexibility index (Phi) is 8.55. The minimum atomic E-state index is -0.866. The molecule has 1 N–H and O–H groups in total. The molecular formula is C23H26Cl2OSiZr. The Morgan fingerprint density at radius 1 is 1.04 bits per heavy atom. The Balaban J connectivity index is 0.00000140. The first-order valence-electron chi connectivity index (χ1n) is 9.64. The molecule has 0 bridgehead atoms. The predicted octanol–water partition coefficient (Wildman–Crippen LogP) is -1.47. The van der Waals surface area contributed by atoms with Gasteiger partial charge in [0.15, 0.2) is 0 Å². The maximum Gasteiger partial charge on any atom is -1.00 e. The van der Waals surface area contributed by atoms with Gasteiger partial charge in [0.2, 0.25) is 0 Å². The molecule has 2 aliphatic carbocycles. The first kappa shape index (κ1) is 23.8. The summed E-state index contributed by atoms with van der Waals surface area (Å²) in [5.41, 5.74) is 7.47. The van der Waals surface area contributed by atoms with E-state index in [1.54, 1.807) is 17.3 Å². The van der Waals surface area contributed by atoms with Crippen LogP contribution in [0.3, 0.4) is 0 Å². The van der Waals surface area contributed by atoms with Gasteiger partial charge in [0.1, 0.15) is 0 Å². The Labute approximate surface area is 194 Å². The van der Waals surface area contributed by atoms with Gasteiger partial charge in [0.05, 0.1) is 0 Å². The molecular weight excluding hydrogens is 482 g/mol. The molecule has 0 saturated carbocycles. The molecule has 0 saturated heterocycles. The number of fused-ring (bicyclic) bond motifs is 3. The van der Waals surface area contributed by atoms with Crippen molar-refractivity contribution in [3.8, 4) is 11.1 Å². The van der Waals surface area contributed by atoms with Crippen molar-refractivity contribution >= 4 is 12.1 Å². The van der Waals surface area contributed by atoms with Gasteiger partial charge in [-0.05, 0) is 0 Å². The van der Waals surface area contributed by atoms with Crippen molar-refractivity contribution in [2.24, 2.45) is 0 Å². The van der Waals surface area contributed by atoms with Crippen LogP contribution in [0, 0.1) is 0 Å². The molecule has 2 aromatic carbocycles. The maximum atomic E-state index is 9.43. The van der Waals surface area contributed by atoms with Gasteiger partial charge in [-0.1, -0.05) is 0 Å². The zero-order valence-electron chi connectivity index (χ0n) is 16.6. The van der Waals surface area contributed by atoms with Gasteiger partial charge in [-0.3, -0.25) is 0 Å². The number of aliphatic hydroxyl groups is 1.